The molecule has 0 bridgehead atoms. The molecule has 0 atom stereocenters. The molecule has 3 heteroatoms. The molecule has 0 saturated carbocycles. The largest absolute Gasteiger partial charge is 0.535 e. The summed E-state index contributed by atoms with van der Waals surface area (Å²) >= 11 is 0. The van der Waals surface area contributed by atoms with Gasteiger partial charge in [0.2, 0.25) is 0 Å². The Morgan fingerprint density at radius 3 is 2.60 bits per heavy atom. The number of hydrogen-bond donors (Lipinski definition) is 1. The van der Waals surface area contributed by atoms with E-state index in [0.717, 1.165) is 5.69 Å². The van der Waals surface area contributed by atoms with Crippen molar-refractivity contribution in [3.8, 4) is 5.97 Å². The fourth-order valence-electron chi connectivity index (χ4n) is 0.698. The Bertz CT molecular complexity index is 227. The quantitative estimate of drug-likeness (QED) is 0.443. The summed E-state index contributed by atoms with van der Waals surface area (Å²) in [7, 11) is 1.47. The number of hydrogen-bond acceptors (Lipinski definition) is 1. The van der Waals surface area contributed by atoms with E-state index in [1.54, 1.807) is 5.23 Å². The van der Waals surface area contributed by atoms with Crippen LogP contribution in [0.5, 0.6) is 0 Å². The van der Waals surface area contributed by atoms with Gasteiger partial charge in [0.25, 0.3) is 0 Å². The SMILES string of the molecule is N#C[B-][NH2+]c1ccccc1. The van der Waals surface area contributed by atoms with Gasteiger partial charge in [0.1, 0.15) is 7.41 Å². The minimum atomic E-state index is 1.06. The summed E-state index contributed by atoms with van der Waals surface area (Å²) in [6.07, 6.45) is 0. The second-order valence-corrected chi connectivity index (χ2v) is 1.87. The fraction of sp³-hybridized carbons (Fsp3) is 0. The molecule has 1 rings (SSSR count). The maximum atomic E-state index is 8.19. The maximum absolute atomic E-state index is 8.19. The Morgan fingerprint density at radius 1 is 1.30 bits per heavy atom. The lowest BCUT2D eigenvalue weighted by atomic mass is 9.98. The number of nitrogens with zero attached hydrogens (tertiary/aromatic N) is 1. The molecule has 0 aromatic heterocycles. The van der Waals surface area contributed by atoms with Crippen LogP contribution in [0.15, 0.2) is 30.3 Å². The number of quaternary nitrogens is 1. The van der Waals surface area contributed by atoms with E-state index in [1.165, 1.54) is 7.41 Å². The van der Waals surface area contributed by atoms with Crippen LogP contribution < -0.4 is 5.23 Å². The molecule has 0 aliphatic rings. The van der Waals surface area contributed by atoms with Crippen molar-refractivity contribution in [1.29, 1.82) is 5.26 Å². The van der Waals surface area contributed by atoms with Crippen LogP contribution >= 0.6 is 0 Å². The minimum absolute atomic E-state index is 1.06. The first kappa shape index (κ1) is 6.85. The summed E-state index contributed by atoms with van der Waals surface area (Å²) in [4.78, 5) is 0. The Hall–Kier alpha value is -1.27. The second kappa shape index (κ2) is 3.70. The molecule has 1 aromatic carbocycles. The van der Waals surface area contributed by atoms with Crippen LogP contribution in [-0.2, 0) is 0 Å². The Morgan fingerprint density at radius 2 is 2.00 bits per heavy atom. The lowest BCUT2D eigenvalue weighted by Gasteiger charge is -2.01. The van der Waals surface area contributed by atoms with Gasteiger partial charge in [0.05, 0.1) is 5.69 Å². The molecule has 2 radical (unpaired) electrons. The van der Waals surface area contributed by atoms with Crippen molar-refractivity contribution in [2.45, 2.75) is 0 Å². The van der Waals surface area contributed by atoms with E-state index in [1.807, 2.05) is 36.3 Å². The number of rotatable bonds is 2. The third kappa shape index (κ3) is 1.92. The third-order valence-corrected chi connectivity index (χ3v) is 1.15. The van der Waals surface area contributed by atoms with Crippen LogP contribution in [0.1, 0.15) is 0 Å². The molecule has 0 aliphatic heterocycles. The van der Waals surface area contributed by atoms with Crippen molar-refractivity contribution in [2.75, 3.05) is 0 Å². The van der Waals surface area contributed by atoms with E-state index in [9.17, 15) is 0 Å². The Labute approximate surface area is 60.7 Å². The van der Waals surface area contributed by atoms with E-state index in [0.29, 0.717) is 0 Å². The predicted octanol–water partition coefficient (Wildman–Crippen LogP) is -0.0182. The first-order valence-corrected chi connectivity index (χ1v) is 3.04. The zero-order valence-electron chi connectivity index (χ0n) is 5.49. The van der Waals surface area contributed by atoms with Crippen molar-refractivity contribution in [1.82, 2.24) is 0 Å². The fourth-order valence-corrected chi connectivity index (χ4v) is 0.698. The van der Waals surface area contributed by atoms with Gasteiger partial charge in [0, 0.05) is 0 Å². The maximum Gasteiger partial charge on any atom is 0.128 e. The summed E-state index contributed by atoms with van der Waals surface area (Å²) in [6.45, 7) is 0. The van der Waals surface area contributed by atoms with E-state index in [4.69, 9.17) is 5.26 Å². The van der Waals surface area contributed by atoms with Gasteiger partial charge >= 0.3 is 0 Å². The van der Waals surface area contributed by atoms with Crippen molar-refractivity contribution in [3.63, 3.8) is 0 Å². The predicted molar refractivity (Wildman–Crippen MR) is 39.4 cm³/mol. The second-order valence-electron chi connectivity index (χ2n) is 1.87. The summed E-state index contributed by atoms with van der Waals surface area (Å²) in [5, 5.41) is 9.97. The third-order valence-electron chi connectivity index (χ3n) is 1.15. The molecule has 0 heterocycles. The molecule has 2 N–H and O–H groups in total. The smallest absolute Gasteiger partial charge is 0.128 e. The molecular formula is C7H7BN2. The minimum Gasteiger partial charge on any atom is -0.535 e. The monoisotopic (exact) mass is 130 g/mol. The van der Waals surface area contributed by atoms with Gasteiger partial charge in [-0.05, 0) is 12.1 Å². The molecule has 10 heavy (non-hydrogen) atoms. The molecule has 0 aliphatic carbocycles. The van der Waals surface area contributed by atoms with Crippen LogP contribution in [-0.4, -0.2) is 7.41 Å². The lowest BCUT2D eigenvalue weighted by molar-refractivity contribution is -0.412. The average Bonchev–Trinajstić information content (AvgIpc) is 2.03. The number of nitrogens with two attached hydrogens (primary N) is 1. The average molecular weight is 130 g/mol. The summed E-state index contributed by atoms with van der Waals surface area (Å²) in [5.41, 5.74) is 1.06. The molecule has 0 amide bonds. The molecule has 0 spiro atoms. The summed E-state index contributed by atoms with van der Waals surface area (Å²) in [5.74, 6) is 1.94. The van der Waals surface area contributed by atoms with Crippen molar-refractivity contribution < 1.29 is 5.23 Å². The highest BCUT2D eigenvalue weighted by atomic mass is 14.8. The molecule has 0 fully saturated rings. The molecule has 1 aromatic rings. The van der Waals surface area contributed by atoms with E-state index >= 15 is 0 Å². The van der Waals surface area contributed by atoms with Gasteiger partial charge in [0.15, 0.2) is 0 Å². The lowest BCUT2D eigenvalue weighted by Crippen LogP contribution is -2.80. The normalized spacial score (nSPS) is 8.70. The van der Waals surface area contributed by atoms with Crippen LogP contribution in [0.4, 0.5) is 5.69 Å². The number of benzene rings is 1. The van der Waals surface area contributed by atoms with Gasteiger partial charge in [-0.2, -0.15) is 0 Å². The van der Waals surface area contributed by atoms with Crippen molar-refractivity contribution >= 4 is 13.1 Å². The Kier molecular flexibility index (Phi) is 2.54. The highest BCUT2D eigenvalue weighted by molar-refractivity contribution is 6.35. The summed E-state index contributed by atoms with van der Waals surface area (Å²) in [6, 6.07) is 9.74. The van der Waals surface area contributed by atoms with Crippen LogP contribution in [0.25, 0.3) is 0 Å². The van der Waals surface area contributed by atoms with Gasteiger partial charge in [-0.15, -0.1) is 5.97 Å². The van der Waals surface area contributed by atoms with Gasteiger partial charge < -0.3 is 5.23 Å². The standard InChI is InChI=1S/C7H7BN2/c9-6-8-10-7-4-2-1-3-5-7/h1-5H,10H2. The first-order chi connectivity index (χ1) is 4.93. The zero-order chi connectivity index (χ0) is 7.23. The van der Waals surface area contributed by atoms with E-state index in [-0.39, 0.29) is 0 Å². The molecular weight excluding hydrogens is 123 g/mol. The highest BCUT2D eigenvalue weighted by Crippen LogP contribution is 1.94. The van der Waals surface area contributed by atoms with E-state index < -0.39 is 0 Å². The van der Waals surface area contributed by atoms with Gasteiger partial charge in [-0.25, -0.2) is 5.26 Å². The van der Waals surface area contributed by atoms with Crippen LogP contribution in [0.2, 0.25) is 0 Å². The molecule has 0 unspecified atom stereocenters. The molecule has 2 nitrogen and oxygen atoms in total. The number of nitriles is 1. The van der Waals surface area contributed by atoms with Crippen molar-refractivity contribution in [3.05, 3.63) is 30.3 Å². The van der Waals surface area contributed by atoms with E-state index in [2.05, 4.69) is 0 Å². The summed E-state index contributed by atoms with van der Waals surface area (Å²) < 4.78 is 0. The first-order valence-electron chi connectivity index (χ1n) is 3.04. The molecule has 48 valence electrons. The topological polar surface area (TPSA) is 40.4 Å². The zero-order valence-corrected chi connectivity index (χ0v) is 5.49. The van der Waals surface area contributed by atoms with Crippen LogP contribution in [0.3, 0.4) is 0 Å². The molecule has 0 saturated heterocycles. The van der Waals surface area contributed by atoms with Crippen molar-refractivity contribution in [2.24, 2.45) is 0 Å². The van der Waals surface area contributed by atoms with Crippen LogP contribution in [0, 0.1) is 11.2 Å². The van der Waals surface area contributed by atoms with Gasteiger partial charge in [-0.3, -0.25) is 0 Å². The Balaban J connectivity index is 2.52. The highest BCUT2D eigenvalue weighted by Gasteiger charge is 1.83. The van der Waals surface area contributed by atoms with Gasteiger partial charge in [-0.1, -0.05) is 18.2 Å².